The Balaban J connectivity index is 2.84. The van der Waals surface area contributed by atoms with E-state index in [4.69, 9.17) is 10.5 Å². The van der Waals surface area contributed by atoms with E-state index in [9.17, 15) is 4.79 Å². The summed E-state index contributed by atoms with van der Waals surface area (Å²) in [5.41, 5.74) is 7.51. The lowest BCUT2D eigenvalue weighted by Crippen LogP contribution is -2.39. The van der Waals surface area contributed by atoms with E-state index in [1.54, 1.807) is 19.1 Å². The lowest BCUT2D eigenvalue weighted by Gasteiger charge is -2.27. The van der Waals surface area contributed by atoms with Gasteiger partial charge in [-0.2, -0.15) is 0 Å². The van der Waals surface area contributed by atoms with Crippen LogP contribution in [0, 0.1) is 0 Å². The van der Waals surface area contributed by atoms with Gasteiger partial charge in [-0.05, 0) is 44.2 Å². The van der Waals surface area contributed by atoms with E-state index < -0.39 is 0 Å². The molecule has 23 heavy (non-hydrogen) atoms. The van der Waals surface area contributed by atoms with Gasteiger partial charge in [0.25, 0.3) is 0 Å². The number of likely N-dealkylation sites (N-methyl/N-ethyl adjacent to an activating group) is 1. The Morgan fingerprint density at radius 2 is 1.91 bits per heavy atom. The maximum Gasteiger partial charge on any atom is 0.246 e. The molecule has 0 radical (unpaired) electrons. The minimum absolute atomic E-state index is 0.00692. The molecule has 5 nitrogen and oxygen atoms in total. The van der Waals surface area contributed by atoms with Crippen molar-refractivity contribution in [3.05, 3.63) is 48.2 Å². The van der Waals surface area contributed by atoms with Gasteiger partial charge in [-0.15, -0.1) is 0 Å². The standard InChI is InChI=1S/C18H27N3O2/c1-5-7-15(6-2)21(13-12-19)14-18(22)20(3)16-8-10-17(23-4)11-9-16/h5-11H,12-14,19H2,1-4H3/b7-5-,15-6+. The number of anilines is 1. The summed E-state index contributed by atoms with van der Waals surface area (Å²) in [6.45, 7) is 5.32. The summed E-state index contributed by atoms with van der Waals surface area (Å²) >= 11 is 0. The maximum absolute atomic E-state index is 12.6. The van der Waals surface area contributed by atoms with E-state index >= 15 is 0 Å². The molecule has 1 aromatic carbocycles. The molecule has 2 N–H and O–H groups in total. The summed E-state index contributed by atoms with van der Waals surface area (Å²) in [5, 5.41) is 0. The normalized spacial score (nSPS) is 11.6. The number of hydrogen-bond donors (Lipinski definition) is 1. The molecule has 0 fully saturated rings. The second-order valence-corrected chi connectivity index (χ2v) is 5.07. The van der Waals surface area contributed by atoms with Crippen LogP contribution in [0.4, 0.5) is 5.69 Å². The van der Waals surface area contributed by atoms with Crippen molar-refractivity contribution in [2.75, 3.05) is 38.7 Å². The first-order valence-electron chi connectivity index (χ1n) is 7.72. The van der Waals surface area contributed by atoms with Crippen molar-refractivity contribution >= 4 is 11.6 Å². The Bertz CT molecular complexity index is 550. The molecule has 0 aliphatic carbocycles. The molecular weight excluding hydrogens is 290 g/mol. The monoisotopic (exact) mass is 317 g/mol. The van der Waals surface area contributed by atoms with Crippen molar-refractivity contribution in [1.82, 2.24) is 4.90 Å². The number of nitrogens with two attached hydrogens (primary N) is 1. The van der Waals surface area contributed by atoms with E-state index in [0.717, 1.165) is 17.1 Å². The highest BCUT2D eigenvalue weighted by atomic mass is 16.5. The van der Waals surface area contributed by atoms with Crippen LogP contribution in [0.3, 0.4) is 0 Å². The summed E-state index contributed by atoms with van der Waals surface area (Å²) in [7, 11) is 3.39. The Morgan fingerprint density at radius 3 is 2.39 bits per heavy atom. The molecule has 1 rings (SSSR count). The fraction of sp³-hybridized carbons (Fsp3) is 0.389. The SMILES string of the molecule is C/C=C\C(=C/C)N(CCN)CC(=O)N(C)c1ccc(OC)cc1. The Morgan fingerprint density at radius 1 is 1.26 bits per heavy atom. The highest BCUT2D eigenvalue weighted by Crippen LogP contribution is 2.18. The third-order valence-electron chi connectivity index (χ3n) is 3.56. The minimum atomic E-state index is 0.00692. The van der Waals surface area contributed by atoms with Crippen LogP contribution in [-0.2, 0) is 4.79 Å². The summed E-state index contributed by atoms with van der Waals surface area (Å²) in [5.74, 6) is 0.774. The van der Waals surface area contributed by atoms with Gasteiger partial charge in [0, 0.05) is 31.5 Å². The molecule has 126 valence electrons. The molecule has 1 amide bonds. The molecule has 0 aliphatic rings. The van der Waals surface area contributed by atoms with Crippen LogP contribution in [-0.4, -0.2) is 44.6 Å². The van der Waals surface area contributed by atoms with E-state index in [1.807, 2.05) is 61.2 Å². The van der Waals surface area contributed by atoms with Gasteiger partial charge in [0.2, 0.25) is 5.91 Å². The van der Waals surface area contributed by atoms with Gasteiger partial charge >= 0.3 is 0 Å². The molecule has 0 aliphatic heterocycles. The molecule has 0 bridgehead atoms. The van der Waals surface area contributed by atoms with E-state index in [0.29, 0.717) is 13.1 Å². The van der Waals surface area contributed by atoms with Gasteiger partial charge in [-0.25, -0.2) is 0 Å². The molecular formula is C18H27N3O2. The number of nitrogens with zero attached hydrogens (tertiary/aromatic N) is 2. The van der Waals surface area contributed by atoms with Crippen LogP contribution in [0.1, 0.15) is 13.8 Å². The van der Waals surface area contributed by atoms with Crippen molar-refractivity contribution in [3.8, 4) is 5.75 Å². The number of carbonyl (C=O) groups is 1. The summed E-state index contributed by atoms with van der Waals surface area (Å²) in [4.78, 5) is 16.2. The molecule has 0 saturated heterocycles. The molecule has 0 atom stereocenters. The second-order valence-electron chi connectivity index (χ2n) is 5.07. The highest BCUT2D eigenvalue weighted by Gasteiger charge is 2.16. The third-order valence-corrected chi connectivity index (χ3v) is 3.56. The van der Waals surface area contributed by atoms with Crippen LogP contribution < -0.4 is 15.4 Å². The zero-order chi connectivity index (χ0) is 17.2. The zero-order valence-corrected chi connectivity index (χ0v) is 14.5. The van der Waals surface area contributed by atoms with Crippen molar-refractivity contribution in [2.45, 2.75) is 13.8 Å². The fourth-order valence-electron chi connectivity index (χ4n) is 2.23. The average molecular weight is 317 g/mol. The number of methoxy groups -OCH3 is 1. The van der Waals surface area contributed by atoms with Crippen LogP contribution in [0.25, 0.3) is 0 Å². The van der Waals surface area contributed by atoms with Crippen LogP contribution in [0.15, 0.2) is 48.2 Å². The van der Waals surface area contributed by atoms with Crippen molar-refractivity contribution in [1.29, 1.82) is 0 Å². The van der Waals surface area contributed by atoms with Crippen LogP contribution >= 0.6 is 0 Å². The van der Waals surface area contributed by atoms with Gasteiger partial charge in [0.05, 0.1) is 13.7 Å². The smallest absolute Gasteiger partial charge is 0.246 e. The summed E-state index contributed by atoms with van der Waals surface area (Å²) < 4.78 is 5.14. The molecule has 5 heteroatoms. The summed E-state index contributed by atoms with van der Waals surface area (Å²) in [6.07, 6.45) is 5.92. The van der Waals surface area contributed by atoms with Crippen LogP contribution in [0.5, 0.6) is 5.75 Å². The fourth-order valence-corrected chi connectivity index (χ4v) is 2.23. The predicted octanol–water partition coefficient (Wildman–Crippen LogP) is 2.40. The Hall–Kier alpha value is -2.27. The summed E-state index contributed by atoms with van der Waals surface area (Å²) in [6, 6.07) is 7.42. The first-order chi connectivity index (χ1) is 11.1. The van der Waals surface area contributed by atoms with Crippen LogP contribution in [0.2, 0.25) is 0 Å². The number of rotatable bonds is 8. The largest absolute Gasteiger partial charge is 0.497 e. The second kappa shape index (κ2) is 9.69. The highest BCUT2D eigenvalue weighted by molar-refractivity contribution is 5.94. The Kier molecular flexibility index (Phi) is 7.91. The molecule has 1 aromatic rings. The number of benzene rings is 1. The topological polar surface area (TPSA) is 58.8 Å². The quantitative estimate of drug-likeness (QED) is 0.748. The molecule has 0 unspecified atom stereocenters. The lowest BCUT2D eigenvalue weighted by atomic mass is 10.2. The van der Waals surface area contributed by atoms with Gasteiger partial charge in [-0.3, -0.25) is 4.79 Å². The van der Waals surface area contributed by atoms with E-state index in [1.165, 1.54) is 0 Å². The van der Waals surface area contributed by atoms with Crippen molar-refractivity contribution < 1.29 is 9.53 Å². The predicted molar refractivity (Wildman–Crippen MR) is 95.6 cm³/mol. The molecule has 0 heterocycles. The number of ether oxygens (including phenoxy) is 1. The number of allylic oxidation sites excluding steroid dienone is 3. The maximum atomic E-state index is 12.6. The number of carbonyl (C=O) groups excluding carboxylic acids is 1. The van der Waals surface area contributed by atoms with Crippen molar-refractivity contribution in [2.24, 2.45) is 5.73 Å². The van der Waals surface area contributed by atoms with Gasteiger partial charge in [-0.1, -0.05) is 12.2 Å². The van der Waals surface area contributed by atoms with Crippen molar-refractivity contribution in [3.63, 3.8) is 0 Å². The number of amides is 1. The first kappa shape index (κ1) is 18.8. The molecule has 0 spiro atoms. The van der Waals surface area contributed by atoms with Gasteiger partial charge in [0.15, 0.2) is 0 Å². The average Bonchev–Trinajstić information content (AvgIpc) is 2.58. The number of hydrogen-bond acceptors (Lipinski definition) is 4. The first-order valence-corrected chi connectivity index (χ1v) is 7.72. The minimum Gasteiger partial charge on any atom is -0.497 e. The zero-order valence-electron chi connectivity index (χ0n) is 14.5. The molecule has 0 aromatic heterocycles. The lowest BCUT2D eigenvalue weighted by molar-refractivity contribution is -0.119. The third kappa shape index (κ3) is 5.45. The molecule has 0 saturated carbocycles. The van der Waals surface area contributed by atoms with Gasteiger partial charge in [0.1, 0.15) is 5.75 Å². The van der Waals surface area contributed by atoms with E-state index in [2.05, 4.69) is 0 Å². The Labute approximate surface area is 139 Å². The van der Waals surface area contributed by atoms with E-state index in [-0.39, 0.29) is 12.5 Å². The van der Waals surface area contributed by atoms with Gasteiger partial charge < -0.3 is 20.3 Å².